The first kappa shape index (κ1) is 14.7. The molecule has 0 heterocycles. The van der Waals surface area contributed by atoms with E-state index in [-0.39, 0.29) is 16.4 Å². The number of benzene rings is 1. The van der Waals surface area contributed by atoms with Crippen molar-refractivity contribution < 1.29 is 17.9 Å². The molecule has 0 saturated heterocycles. The lowest BCUT2D eigenvalue weighted by Gasteiger charge is -2.17. The molecule has 1 aromatic carbocycles. The Morgan fingerprint density at radius 2 is 1.83 bits per heavy atom. The molecular weight excluding hydrogens is 254 g/mol. The van der Waals surface area contributed by atoms with E-state index >= 15 is 0 Å². The van der Waals surface area contributed by atoms with E-state index in [0.29, 0.717) is 5.56 Å². The van der Waals surface area contributed by atoms with Crippen molar-refractivity contribution in [1.29, 1.82) is 0 Å². The van der Waals surface area contributed by atoms with Crippen molar-refractivity contribution in [1.82, 2.24) is 0 Å². The number of rotatable bonds is 3. The molecule has 18 heavy (non-hydrogen) atoms. The summed E-state index contributed by atoms with van der Waals surface area (Å²) in [5.41, 5.74) is -0.295. The van der Waals surface area contributed by atoms with E-state index in [4.69, 9.17) is 9.88 Å². The van der Waals surface area contributed by atoms with Gasteiger partial charge in [-0.15, -0.1) is 0 Å². The number of hydrogen-bond acceptors (Lipinski definition) is 4. The lowest BCUT2D eigenvalue weighted by atomic mass is 9.86. The number of carbonyl (C=O) groups is 1. The molecule has 0 spiro atoms. The van der Waals surface area contributed by atoms with E-state index in [0.717, 1.165) is 0 Å². The molecule has 0 aliphatic rings. The summed E-state index contributed by atoms with van der Waals surface area (Å²) in [6.45, 7) is 5.28. The highest BCUT2D eigenvalue weighted by atomic mass is 32.2. The molecule has 0 amide bonds. The third kappa shape index (κ3) is 3.08. The summed E-state index contributed by atoms with van der Waals surface area (Å²) in [5.74, 6) is -0.0296. The summed E-state index contributed by atoms with van der Waals surface area (Å²) >= 11 is 0. The second kappa shape index (κ2) is 4.70. The lowest BCUT2D eigenvalue weighted by Crippen LogP contribution is -2.21. The number of primary sulfonamides is 1. The molecule has 0 radical (unpaired) electrons. The van der Waals surface area contributed by atoms with Crippen LogP contribution in [0.4, 0.5) is 0 Å². The number of sulfonamides is 1. The summed E-state index contributed by atoms with van der Waals surface area (Å²) in [7, 11) is -2.58. The normalized spacial score (nSPS) is 12.3. The predicted octanol–water partition coefficient (Wildman–Crippen LogP) is 1.57. The van der Waals surface area contributed by atoms with Crippen LogP contribution in [0, 0.1) is 5.41 Å². The molecule has 0 fully saturated rings. The van der Waals surface area contributed by atoms with Crippen molar-refractivity contribution in [3.8, 4) is 5.75 Å². The smallest absolute Gasteiger partial charge is 0.241 e. The first-order chi connectivity index (χ1) is 8.07. The predicted molar refractivity (Wildman–Crippen MR) is 68.2 cm³/mol. The highest BCUT2D eigenvalue weighted by Crippen LogP contribution is 2.27. The molecule has 1 rings (SSSR count). The zero-order valence-electron chi connectivity index (χ0n) is 10.9. The van der Waals surface area contributed by atoms with Crippen LogP contribution in [0.25, 0.3) is 0 Å². The van der Waals surface area contributed by atoms with E-state index in [2.05, 4.69) is 0 Å². The zero-order chi connectivity index (χ0) is 14.1. The van der Waals surface area contributed by atoms with Gasteiger partial charge in [-0.3, -0.25) is 4.79 Å². The maximum Gasteiger partial charge on any atom is 0.241 e. The SMILES string of the molecule is COc1ccc(C(=O)C(C)(C)C)cc1S(N)(=O)=O. The summed E-state index contributed by atoms with van der Waals surface area (Å²) in [6, 6.07) is 4.21. The zero-order valence-corrected chi connectivity index (χ0v) is 11.7. The van der Waals surface area contributed by atoms with Crippen LogP contribution < -0.4 is 9.88 Å². The van der Waals surface area contributed by atoms with Crippen LogP contribution >= 0.6 is 0 Å². The Morgan fingerprint density at radius 1 is 1.28 bits per heavy atom. The average Bonchev–Trinajstić information content (AvgIpc) is 2.24. The Morgan fingerprint density at radius 3 is 2.22 bits per heavy atom. The fourth-order valence-corrected chi connectivity index (χ4v) is 2.20. The number of ketones is 1. The molecule has 6 heteroatoms. The van der Waals surface area contributed by atoms with Gasteiger partial charge in [0.2, 0.25) is 10.0 Å². The Hall–Kier alpha value is -1.40. The number of Topliss-reactive ketones (excluding diaryl/α,β-unsaturated/α-hetero) is 1. The first-order valence-corrected chi connectivity index (χ1v) is 6.87. The van der Waals surface area contributed by atoms with Gasteiger partial charge in [0.1, 0.15) is 10.6 Å². The molecule has 0 atom stereocenters. The quantitative estimate of drug-likeness (QED) is 0.845. The summed E-state index contributed by atoms with van der Waals surface area (Å²) < 4.78 is 27.8. The molecular formula is C12H17NO4S. The van der Waals surface area contributed by atoms with E-state index in [1.54, 1.807) is 20.8 Å². The molecule has 2 N–H and O–H groups in total. The Bertz CT molecular complexity index is 570. The fourth-order valence-electron chi connectivity index (χ4n) is 1.47. The number of nitrogens with two attached hydrogens (primary N) is 1. The number of hydrogen-bond donors (Lipinski definition) is 1. The number of carbonyl (C=O) groups excluding carboxylic acids is 1. The minimum absolute atomic E-state index is 0.128. The minimum atomic E-state index is -3.92. The van der Waals surface area contributed by atoms with Gasteiger partial charge in [0, 0.05) is 11.0 Å². The highest BCUT2D eigenvalue weighted by molar-refractivity contribution is 7.89. The van der Waals surface area contributed by atoms with Crippen molar-refractivity contribution in [3.63, 3.8) is 0 Å². The van der Waals surface area contributed by atoms with Crippen LogP contribution in [0.1, 0.15) is 31.1 Å². The average molecular weight is 271 g/mol. The second-order valence-corrected chi connectivity index (χ2v) is 6.52. The first-order valence-electron chi connectivity index (χ1n) is 5.33. The standard InChI is InChI=1S/C12H17NO4S/c1-12(2,3)11(14)8-5-6-9(17-4)10(7-8)18(13,15)16/h5-7H,1-4H3,(H2,13,15,16). The topological polar surface area (TPSA) is 86.5 Å². The highest BCUT2D eigenvalue weighted by Gasteiger charge is 2.25. The maximum absolute atomic E-state index is 12.1. The molecule has 0 aromatic heterocycles. The van der Waals surface area contributed by atoms with Gasteiger partial charge in [0.15, 0.2) is 5.78 Å². The fraction of sp³-hybridized carbons (Fsp3) is 0.417. The van der Waals surface area contributed by atoms with Gasteiger partial charge < -0.3 is 4.74 Å². The van der Waals surface area contributed by atoms with E-state index < -0.39 is 15.4 Å². The molecule has 0 unspecified atom stereocenters. The van der Waals surface area contributed by atoms with Crippen LogP contribution in [0.2, 0.25) is 0 Å². The summed E-state index contributed by atoms with van der Waals surface area (Å²) in [5, 5.41) is 5.09. The van der Waals surface area contributed by atoms with Crippen molar-refractivity contribution >= 4 is 15.8 Å². The van der Waals surface area contributed by atoms with E-state index in [1.165, 1.54) is 25.3 Å². The van der Waals surface area contributed by atoms with Gasteiger partial charge in [-0.25, -0.2) is 13.6 Å². The van der Waals surface area contributed by atoms with E-state index in [1.807, 2.05) is 0 Å². The molecule has 0 bridgehead atoms. The van der Waals surface area contributed by atoms with Gasteiger partial charge in [-0.05, 0) is 18.2 Å². The van der Waals surface area contributed by atoms with Gasteiger partial charge in [0.05, 0.1) is 7.11 Å². The number of methoxy groups -OCH3 is 1. The van der Waals surface area contributed by atoms with Gasteiger partial charge in [-0.2, -0.15) is 0 Å². The summed E-state index contributed by atoms with van der Waals surface area (Å²) in [6.07, 6.45) is 0. The summed E-state index contributed by atoms with van der Waals surface area (Å²) in [4.78, 5) is 11.9. The van der Waals surface area contributed by atoms with Gasteiger partial charge >= 0.3 is 0 Å². The van der Waals surface area contributed by atoms with Gasteiger partial charge in [-0.1, -0.05) is 20.8 Å². The monoisotopic (exact) mass is 271 g/mol. The van der Waals surface area contributed by atoms with Crippen LogP contribution in [0.5, 0.6) is 5.75 Å². The van der Waals surface area contributed by atoms with Crippen molar-refractivity contribution in [2.45, 2.75) is 25.7 Å². The van der Waals surface area contributed by atoms with Crippen molar-refractivity contribution in [2.75, 3.05) is 7.11 Å². The van der Waals surface area contributed by atoms with E-state index in [9.17, 15) is 13.2 Å². The van der Waals surface area contributed by atoms with Crippen molar-refractivity contribution in [3.05, 3.63) is 23.8 Å². The molecule has 0 aliphatic heterocycles. The number of ether oxygens (including phenoxy) is 1. The maximum atomic E-state index is 12.1. The third-order valence-corrected chi connectivity index (χ3v) is 3.35. The van der Waals surface area contributed by atoms with Crippen LogP contribution in [-0.2, 0) is 10.0 Å². The van der Waals surface area contributed by atoms with Gasteiger partial charge in [0.25, 0.3) is 0 Å². The second-order valence-electron chi connectivity index (χ2n) is 4.99. The third-order valence-electron chi connectivity index (χ3n) is 2.41. The molecule has 1 aromatic rings. The molecule has 5 nitrogen and oxygen atoms in total. The van der Waals surface area contributed by atoms with Crippen LogP contribution in [-0.4, -0.2) is 21.3 Å². The van der Waals surface area contributed by atoms with Crippen LogP contribution in [0.15, 0.2) is 23.1 Å². The minimum Gasteiger partial charge on any atom is -0.495 e. The van der Waals surface area contributed by atoms with Crippen molar-refractivity contribution in [2.24, 2.45) is 10.6 Å². The van der Waals surface area contributed by atoms with Crippen LogP contribution in [0.3, 0.4) is 0 Å². The Balaban J connectivity index is 3.42. The Labute approximate surface area is 107 Å². The molecule has 0 aliphatic carbocycles. The Kier molecular flexibility index (Phi) is 3.83. The lowest BCUT2D eigenvalue weighted by molar-refractivity contribution is 0.0858. The largest absolute Gasteiger partial charge is 0.495 e. The molecule has 100 valence electrons. The molecule has 0 saturated carbocycles.